The quantitative estimate of drug-likeness (QED) is 0.747. The van der Waals surface area contributed by atoms with Gasteiger partial charge in [-0.2, -0.15) is 0 Å². The van der Waals surface area contributed by atoms with Gasteiger partial charge in [0.05, 0.1) is 0 Å². The van der Waals surface area contributed by atoms with E-state index in [2.05, 4.69) is 38.5 Å². The Morgan fingerprint density at radius 2 is 2.25 bits per heavy atom. The monoisotopic (exact) mass is 306 g/mol. The molecule has 0 spiro atoms. The molecule has 104 valence electrons. The first-order valence-corrected chi connectivity index (χ1v) is 7.84. The minimum Gasteiger partial charge on any atom is -0.354 e. The first-order chi connectivity index (χ1) is 9.67. The summed E-state index contributed by atoms with van der Waals surface area (Å²) in [6.07, 6.45) is 1.69. The molecule has 0 fully saturated rings. The van der Waals surface area contributed by atoms with E-state index in [1.165, 1.54) is 16.6 Å². The van der Waals surface area contributed by atoms with E-state index >= 15 is 0 Å². The number of hydrogen-bond acceptors (Lipinski definition) is 7. The van der Waals surface area contributed by atoms with Crippen LogP contribution in [0.4, 0.5) is 5.95 Å². The van der Waals surface area contributed by atoms with Crippen LogP contribution in [0.2, 0.25) is 0 Å². The van der Waals surface area contributed by atoms with Crippen molar-refractivity contribution in [2.24, 2.45) is 7.05 Å². The number of aromatic nitrogens is 5. The fraction of sp³-hybridized carbons (Fsp3) is 0.333. The highest BCUT2D eigenvalue weighted by atomic mass is 32.2. The second-order valence-corrected chi connectivity index (χ2v) is 6.48. The molecule has 0 amide bonds. The van der Waals surface area contributed by atoms with Crippen LogP contribution in [0.5, 0.6) is 0 Å². The molecule has 0 bridgehead atoms. The zero-order valence-corrected chi connectivity index (χ0v) is 13.0. The lowest BCUT2D eigenvalue weighted by Crippen LogP contribution is -2.02. The lowest BCUT2D eigenvalue weighted by atomic mass is 10.4. The fourth-order valence-electron chi connectivity index (χ4n) is 1.78. The van der Waals surface area contributed by atoms with E-state index in [0.717, 1.165) is 26.9 Å². The maximum absolute atomic E-state index is 4.59. The molecular weight excluding hydrogens is 292 g/mol. The second-order valence-electron chi connectivity index (χ2n) is 4.29. The topological polar surface area (TPSA) is 68.5 Å². The van der Waals surface area contributed by atoms with Gasteiger partial charge in [0.25, 0.3) is 0 Å². The minimum atomic E-state index is 0.659. The Morgan fingerprint density at radius 3 is 2.95 bits per heavy atom. The highest BCUT2D eigenvalue weighted by molar-refractivity contribution is 7.99. The van der Waals surface area contributed by atoms with Crippen molar-refractivity contribution in [2.75, 3.05) is 11.9 Å². The zero-order chi connectivity index (χ0) is 14.1. The smallest absolute Gasteiger partial charge is 0.225 e. The number of anilines is 1. The van der Waals surface area contributed by atoms with E-state index in [9.17, 15) is 0 Å². The number of thiophene rings is 1. The van der Waals surface area contributed by atoms with Gasteiger partial charge in [-0.05, 0) is 31.7 Å². The van der Waals surface area contributed by atoms with E-state index in [1.54, 1.807) is 17.7 Å². The summed E-state index contributed by atoms with van der Waals surface area (Å²) in [5.74, 6) is 0.659. The Labute approximate surface area is 124 Å². The summed E-state index contributed by atoms with van der Waals surface area (Å²) in [7, 11) is 1.92. The zero-order valence-electron chi connectivity index (χ0n) is 11.4. The molecule has 0 unspecified atom stereocenters. The normalized spacial score (nSPS) is 11.2. The van der Waals surface area contributed by atoms with Crippen LogP contribution in [0, 0.1) is 6.92 Å². The van der Waals surface area contributed by atoms with Gasteiger partial charge in [-0.3, -0.25) is 0 Å². The number of rotatable bonds is 4. The van der Waals surface area contributed by atoms with Crippen LogP contribution in [-0.4, -0.2) is 31.3 Å². The van der Waals surface area contributed by atoms with Crippen LogP contribution >= 0.6 is 23.1 Å². The molecule has 6 nitrogen and oxygen atoms in total. The van der Waals surface area contributed by atoms with Gasteiger partial charge >= 0.3 is 0 Å². The minimum absolute atomic E-state index is 0.659. The van der Waals surface area contributed by atoms with Crippen LogP contribution in [0.25, 0.3) is 10.2 Å². The molecule has 0 saturated carbocycles. The van der Waals surface area contributed by atoms with Gasteiger partial charge in [0.2, 0.25) is 5.95 Å². The van der Waals surface area contributed by atoms with Crippen molar-refractivity contribution in [2.45, 2.75) is 24.0 Å². The third kappa shape index (κ3) is 2.48. The summed E-state index contributed by atoms with van der Waals surface area (Å²) in [5.41, 5.74) is 0. The largest absolute Gasteiger partial charge is 0.354 e. The van der Waals surface area contributed by atoms with Crippen LogP contribution in [0.3, 0.4) is 0 Å². The first kappa shape index (κ1) is 13.3. The van der Waals surface area contributed by atoms with Crippen molar-refractivity contribution in [1.29, 1.82) is 0 Å². The number of aryl methyl sites for hydroxylation is 2. The standard InChI is InChI=1S/C12H14N6S2/c1-4-13-11-15-9-8(5-7(2)19-9)10(16-11)20-12-17-14-6-18(12)3/h5-6H,4H2,1-3H3,(H,13,15,16). The van der Waals surface area contributed by atoms with Crippen molar-refractivity contribution in [3.05, 3.63) is 17.3 Å². The molecule has 8 heteroatoms. The lowest BCUT2D eigenvalue weighted by Gasteiger charge is -2.05. The maximum Gasteiger partial charge on any atom is 0.225 e. The molecule has 1 N–H and O–H groups in total. The molecule has 0 radical (unpaired) electrons. The first-order valence-electron chi connectivity index (χ1n) is 6.21. The van der Waals surface area contributed by atoms with Gasteiger partial charge in [0.1, 0.15) is 16.2 Å². The van der Waals surface area contributed by atoms with E-state index in [1.807, 2.05) is 18.5 Å². The Bertz CT molecular complexity index is 748. The molecule has 0 aliphatic heterocycles. The van der Waals surface area contributed by atoms with Crippen LogP contribution in [0.15, 0.2) is 22.6 Å². The molecule has 3 aromatic heterocycles. The fourth-order valence-corrected chi connectivity index (χ4v) is 3.58. The predicted octanol–water partition coefficient (Wildman–Crippen LogP) is 2.71. The van der Waals surface area contributed by atoms with Crippen molar-refractivity contribution < 1.29 is 0 Å². The average molecular weight is 306 g/mol. The molecule has 20 heavy (non-hydrogen) atoms. The Balaban J connectivity index is 2.09. The van der Waals surface area contributed by atoms with Gasteiger partial charge in [-0.1, -0.05) is 0 Å². The average Bonchev–Trinajstić information content (AvgIpc) is 2.96. The molecule has 0 aliphatic rings. The summed E-state index contributed by atoms with van der Waals surface area (Å²) in [4.78, 5) is 11.3. The number of hydrogen-bond donors (Lipinski definition) is 1. The van der Waals surface area contributed by atoms with E-state index in [4.69, 9.17) is 0 Å². The molecule has 3 rings (SSSR count). The molecule has 0 atom stereocenters. The highest BCUT2D eigenvalue weighted by Crippen LogP contribution is 2.34. The van der Waals surface area contributed by atoms with Gasteiger partial charge in [0, 0.05) is 23.9 Å². The van der Waals surface area contributed by atoms with E-state index in [0.29, 0.717) is 5.95 Å². The summed E-state index contributed by atoms with van der Waals surface area (Å²) in [5, 5.41) is 14.0. The van der Waals surface area contributed by atoms with Gasteiger partial charge in [-0.25, -0.2) is 9.97 Å². The number of nitrogens with one attached hydrogen (secondary N) is 1. The van der Waals surface area contributed by atoms with Crippen LogP contribution in [-0.2, 0) is 7.05 Å². The summed E-state index contributed by atoms with van der Waals surface area (Å²) < 4.78 is 1.88. The Morgan fingerprint density at radius 1 is 1.40 bits per heavy atom. The SMILES string of the molecule is CCNc1nc(Sc2nncn2C)c2cc(C)sc2n1. The van der Waals surface area contributed by atoms with Crippen LogP contribution in [0.1, 0.15) is 11.8 Å². The summed E-state index contributed by atoms with van der Waals surface area (Å²) in [6, 6.07) is 2.12. The molecular formula is C12H14N6S2. The molecule has 0 saturated heterocycles. The number of nitrogens with zero attached hydrogens (tertiary/aromatic N) is 5. The predicted molar refractivity (Wildman–Crippen MR) is 81.4 cm³/mol. The van der Waals surface area contributed by atoms with Crippen molar-refractivity contribution in [1.82, 2.24) is 24.7 Å². The molecule has 3 heterocycles. The molecule has 0 aromatic carbocycles. The number of fused-ring (bicyclic) bond motifs is 1. The molecule has 3 aromatic rings. The van der Waals surface area contributed by atoms with Gasteiger partial charge in [-0.15, -0.1) is 21.5 Å². The second kappa shape index (κ2) is 5.37. The molecule has 0 aliphatic carbocycles. The maximum atomic E-state index is 4.59. The summed E-state index contributed by atoms with van der Waals surface area (Å²) in [6.45, 7) is 4.91. The Hall–Kier alpha value is -1.67. The van der Waals surface area contributed by atoms with Crippen molar-refractivity contribution >= 4 is 39.3 Å². The van der Waals surface area contributed by atoms with Gasteiger partial charge < -0.3 is 9.88 Å². The third-order valence-electron chi connectivity index (χ3n) is 2.67. The van der Waals surface area contributed by atoms with Crippen molar-refractivity contribution in [3.63, 3.8) is 0 Å². The van der Waals surface area contributed by atoms with Crippen molar-refractivity contribution in [3.8, 4) is 0 Å². The van der Waals surface area contributed by atoms with E-state index in [-0.39, 0.29) is 0 Å². The lowest BCUT2D eigenvalue weighted by molar-refractivity contribution is 0.787. The Kier molecular flexibility index (Phi) is 3.58. The van der Waals surface area contributed by atoms with Crippen LogP contribution < -0.4 is 5.32 Å². The summed E-state index contributed by atoms with van der Waals surface area (Å²) >= 11 is 3.18. The van der Waals surface area contributed by atoms with Gasteiger partial charge in [0.15, 0.2) is 5.16 Å². The highest BCUT2D eigenvalue weighted by Gasteiger charge is 2.14. The third-order valence-corrected chi connectivity index (χ3v) is 4.67. The van der Waals surface area contributed by atoms with E-state index < -0.39 is 0 Å².